The number of hydrogen-bond acceptors (Lipinski definition) is 4. The third kappa shape index (κ3) is 4.56. The van der Waals surface area contributed by atoms with Crippen molar-refractivity contribution in [2.45, 2.75) is 13.3 Å². The molecule has 3 aromatic rings. The third-order valence-electron chi connectivity index (χ3n) is 4.40. The van der Waals surface area contributed by atoms with Gasteiger partial charge in [0.2, 0.25) is 0 Å². The first-order valence-electron chi connectivity index (χ1n) is 9.38. The number of para-hydroxylation sites is 2. The molecule has 5 nitrogen and oxygen atoms in total. The molecular weight excluding hydrogens is 364 g/mol. The second kappa shape index (κ2) is 9.43. The van der Waals surface area contributed by atoms with Crippen LogP contribution in [0.25, 0.3) is 16.8 Å². The number of methoxy groups -OCH3 is 1. The lowest BCUT2D eigenvalue weighted by molar-refractivity contribution is -0.112. The molecule has 3 aromatic carbocycles. The molecule has 0 heterocycles. The van der Waals surface area contributed by atoms with Gasteiger partial charge in [0.1, 0.15) is 23.1 Å². The summed E-state index contributed by atoms with van der Waals surface area (Å²) in [6.45, 7) is 2.58. The lowest BCUT2D eigenvalue weighted by atomic mass is 10.0. The Balaban J connectivity index is 2.03. The Labute approximate surface area is 170 Å². The molecule has 0 aliphatic heterocycles. The van der Waals surface area contributed by atoms with E-state index >= 15 is 0 Å². The first kappa shape index (κ1) is 20.0. The zero-order valence-electron chi connectivity index (χ0n) is 16.4. The van der Waals surface area contributed by atoms with Crippen molar-refractivity contribution in [1.82, 2.24) is 0 Å². The quantitative estimate of drug-likeness (QED) is 0.448. The zero-order chi connectivity index (χ0) is 20.6. The van der Waals surface area contributed by atoms with E-state index in [1.807, 2.05) is 55.5 Å². The van der Waals surface area contributed by atoms with Crippen molar-refractivity contribution in [2.24, 2.45) is 0 Å². The highest BCUT2D eigenvalue weighted by Crippen LogP contribution is 2.31. The Morgan fingerprint density at radius 2 is 1.83 bits per heavy atom. The molecule has 0 saturated carbocycles. The van der Waals surface area contributed by atoms with Crippen molar-refractivity contribution >= 4 is 28.4 Å². The summed E-state index contributed by atoms with van der Waals surface area (Å²) in [6.07, 6.45) is 2.44. The lowest BCUT2D eigenvalue weighted by Gasteiger charge is -2.12. The molecule has 5 heteroatoms. The van der Waals surface area contributed by atoms with E-state index in [0.717, 1.165) is 17.2 Å². The molecular formula is C24H22N2O3. The number of amides is 1. The summed E-state index contributed by atoms with van der Waals surface area (Å²) >= 11 is 0. The van der Waals surface area contributed by atoms with Crippen LogP contribution in [0, 0.1) is 11.3 Å². The minimum absolute atomic E-state index is 0.0198. The van der Waals surface area contributed by atoms with Crippen LogP contribution in [0.15, 0.2) is 66.2 Å². The third-order valence-corrected chi connectivity index (χ3v) is 4.40. The van der Waals surface area contributed by atoms with Gasteiger partial charge in [-0.3, -0.25) is 4.79 Å². The van der Waals surface area contributed by atoms with Crippen molar-refractivity contribution in [1.29, 1.82) is 5.26 Å². The van der Waals surface area contributed by atoms with Gasteiger partial charge in [-0.25, -0.2) is 0 Å². The van der Waals surface area contributed by atoms with Crippen LogP contribution >= 0.6 is 0 Å². The normalized spacial score (nSPS) is 11.0. The molecule has 0 atom stereocenters. The topological polar surface area (TPSA) is 71.3 Å². The highest BCUT2D eigenvalue weighted by molar-refractivity contribution is 6.11. The summed E-state index contributed by atoms with van der Waals surface area (Å²) in [7, 11) is 1.53. The number of ether oxygens (including phenoxy) is 2. The molecule has 0 saturated heterocycles. The number of carbonyl (C=O) groups excluding carboxylic acids is 1. The van der Waals surface area contributed by atoms with Crippen LogP contribution in [0.4, 0.5) is 5.69 Å². The van der Waals surface area contributed by atoms with Crippen LogP contribution in [0.5, 0.6) is 11.5 Å². The fraction of sp³-hybridized carbons (Fsp3) is 0.167. The predicted octanol–water partition coefficient (Wildman–Crippen LogP) is 5.18. The maximum absolute atomic E-state index is 12.8. The number of nitrogens with one attached hydrogen (secondary N) is 1. The first-order chi connectivity index (χ1) is 14.2. The number of nitrogens with zero attached hydrogens (tertiary/aromatic N) is 1. The van der Waals surface area contributed by atoms with Crippen molar-refractivity contribution in [3.8, 4) is 17.6 Å². The van der Waals surface area contributed by atoms with E-state index < -0.39 is 5.91 Å². The monoisotopic (exact) mass is 386 g/mol. The highest BCUT2D eigenvalue weighted by Gasteiger charge is 2.15. The molecule has 1 N–H and O–H groups in total. The fourth-order valence-corrected chi connectivity index (χ4v) is 2.99. The summed E-state index contributed by atoms with van der Waals surface area (Å²) in [5, 5.41) is 14.3. The van der Waals surface area contributed by atoms with Crippen molar-refractivity contribution < 1.29 is 14.3 Å². The number of hydrogen-bond donors (Lipinski definition) is 1. The van der Waals surface area contributed by atoms with Gasteiger partial charge in [0.15, 0.2) is 0 Å². The molecule has 29 heavy (non-hydrogen) atoms. The standard InChI is InChI=1S/C24H22N2O3/c1-3-14-29-22-13-12-17-8-4-5-9-19(17)20(22)15-18(16-25)24(27)26-21-10-6-7-11-23(21)28-2/h4-13,15H,3,14H2,1-2H3,(H,26,27)/b18-15+. The van der Waals surface area contributed by atoms with E-state index in [2.05, 4.69) is 5.32 Å². The first-order valence-corrected chi connectivity index (χ1v) is 9.38. The van der Waals surface area contributed by atoms with Crippen molar-refractivity contribution in [3.05, 3.63) is 71.8 Å². The molecule has 0 spiro atoms. The number of anilines is 1. The molecule has 3 rings (SSSR count). The Kier molecular flexibility index (Phi) is 6.49. The minimum atomic E-state index is -0.508. The molecule has 0 aliphatic rings. The van der Waals surface area contributed by atoms with Crippen LogP contribution in [0.1, 0.15) is 18.9 Å². The number of carbonyl (C=O) groups is 1. The van der Waals surface area contributed by atoms with Gasteiger partial charge in [-0.2, -0.15) is 5.26 Å². The largest absolute Gasteiger partial charge is 0.495 e. The van der Waals surface area contributed by atoms with Gasteiger partial charge in [0.25, 0.3) is 5.91 Å². The Bertz CT molecular complexity index is 1100. The average Bonchev–Trinajstić information content (AvgIpc) is 2.76. The van der Waals surface area contributed by atoms with E-state index in [-0.39, 0.29) is 5.57 Å². The van der Waals surface area contributed by atoms with Crippen LogP contribution in [0.3, 0.4) is 0 Å². The van der Waals surface area contributed by atoms with Crippen molar-refractivity contribution in [3.63, 3.8) is 0 Å². The molecule has 0 radical (unpaired) electrons. The van der Waals surface area contributed by atoms with Crippen LogP contribution in [0.2, 0.25) is 0 Å². The van der Waals surface area contributed by atoms with E-state index in [0.29, 0.717) is 29.4 Å². The SMILES string of the molecule is CCCOc1ccc2ccccc2c1/C=C(\C#N)C(=O)Nc1ccccc1OC. The van der Waals surface area contributed by atoms with Gasteiger partial charge in [0, 0.05) is 5.56 Å². The van der Waals surface area contributed by atoms with E-state index in [9.17, 15) is 10.1 Å². The average molecular weight is 386 g/mol. The van der Waals surface area contributed by atoms with Crippen LogP contribution in [-0.2, 0) is 4.79 Å². The maximum Gasteiger partial charge on any atom is 0.266 e. The van der Waals surface area contributed by atoms with Gasteiger partial charge in [-0.1, -0.05) is 49.4 Å². The number of fused-ring (bicyclic) bond motifs is 1. The molecule has 0 fully saturated rings. The molecule has 146 valence electrons. The molecule has 0 unspecified atom stereocenters. The van der Waals surface area contributed by atoms with Crippen molar-refractivity contribution in [2.75, 3.05) is 19.0 Å². The molecule has 1 amide bonds. The smallest absolute Gasteiger partial charge is 0.266 e. The summed E-state index contributed by atoms with van der Waals surface area (Å²) in [4.78, 5) is 12.8. The minimum Gasteiger partial charge on any atom is -0.495 e. The lowest BCUT2D eigenvalue weighted by Crippen LogP contribution is -2.14. The number of benzene rings is 3. The zero-order valence-corrected chi connectivity index (χ0v) is 16.4. The number of rotatable bonds is 7. The van der Waals surface area contributed by atoms with Crippen LogP contribution in [-0.4, -0.2) is 19.6 Å². The Morgan fingerprint density at radius 1 is 1.07 bits per heavy atom. The fourth-order valence-electron chi connectivity index (χ4n) is 2.99. The second-order valence-corrected chi connectivity index (χ2v) is 6.37. The van der Waals surface area contributed by atoms with E-state index in [1.165, 1.54) is 7.11 Å². The number of nitriles is 1. The Hall–Kier alpha value is -3.78. The van der Waals surface area contributed by atoms with Gasteiger partial charge in [-0.15, -0.1) is 0 Å². The van der Waals surface area contributed by atoms with Gasteiger partial charge >= 0.3 is 0 Å². The van der Waals surface area contributed by atoms with Gasteiger partial charge < -0.3 is 14.8 Å². The summed E-state index contributed by atoms with van der Waals surface area (Å²) in [6, 6.07) is 20.7. The summed E-state index contributed by atoms with van der Waals surface area (Å²) in [5.74, 6) is 0.657. The van der Waals surface area contributed by atoms with Crippen LogP contribution < -0.4 is 14.8 Å². The summed E-state index contributed by atoms with van der Waals surface area (Å²) < 4.78 is 11.1. The Morgan fingerprint density at radius 3 is 2.59 bits per heavy atom. The molecule has 0 aromatic heterocycles. The summed E-state index contributed by atoms with van der Waals surface area (Å²) in [5.41, 5.74) is 1.19. The molecule has 0 bridgehead atoms. The maximum atomic E-state index is 12.8. The molecule has 0 aliphatic carbocycles. The highest BCUT2D eigenvalue weighted by atomic mass is 16.5. The van der Waals surface area contributed by atoms with E-state index in [1.54, 1.807) is 24.3 Å². The second-order valence-electron chi connectivity index (χ2n) is 6.37. The predicted molar refractivity (Wildman–Crippen MR) is 115 cm³/mol. The van der Waals surface area contributed by atoms with Gasteiger partial charge in [-0.05, 0) is 41.5 Å². The van der Waals surface area contributed by atoms with E-state index in [4.69, 9.17) is 9.47 Å². The van der Waals surface area contributed by atoms with Gasteiger partial charge in [0.05, 0.1) is 19.4 Å².